The molecule has 0 radical (unpaired) electrons. The number of hydrogen-bond donors (Lipinski definition) is 0. The van der Waals surface area contributed by atoms with Gasteiger partial charge in [-0.2, -0.15) is 0 Å². The number of fused-ring (bicyclic) bond motifs is 8. The number of carbonyl (C=O) groups excluding carboxylic acids is 1. The fraction of sp³-hybridized carbons (Fsp3) is 0.397. The molecular formula is C58H62F2N8O3. The van der Waals surface area contributed by atoms with Crippen LogP contribution in [0.5, 0.6) is 0 Å². The van der Waals surface area contributed by atoms with Gasteiger partial charge in [0, 0.05) is 83.8 Å². The molecular weight excluding hydrogens is 895 g/mol. The Labute approximate surface area is 414 Å². The number of ether oxygens (including phenoxy) is 2. The van der Waals surface area contributed by atoms with Crippen LogP contribution in [0.1, 0.15) is 113 Å². The second kappa shape index (κ2) is 19.6. The molecule has 71 heavy (non-hydrogen) atoms. The number of carbonyl (C=O) groups is 1. The van der Waals surface area contributed by atoms with Crippen molar-refractivity contribution in [3.05, 3.63) is 167 Å². The highest BCUT2D eigenvalue weighted by molar-refractivity contribution is 5.81. The van der Waals surface area contributed by atoms with E-state index >= 15 is 0 Å². The molecule has 1 aliphatic heterocycles. The minimum Gasteiger partial charge on any atom is -0.348 e. The summed E-state index contributed by atoms with van der Waals surface area (Å²) in [6.07, 6.45) is 21.0. The molecule has 5 aliphatic rings. The monoisotopic (exact) mass is 956 g/mol. The predicted octanol–water partition coefficient (Wildman–Crippen LogP) is 11.7. The number of nitrogens with zero attached hydrogens (tertiary/aromatic N) is 8. The summed E-state index contributed by atoms with van der Waals surface area (Å²) in [5.41, 5.74) is 12.4. The van der Waals surface area contributed by atoms with Crippen LogP contribution in [-0.4, -0.2) is 64.4 Å². The van der Waals surface area contributed by atoms with E-state index in [1.54, 1.807) is 24.3 Å². The maximum absolute atomic E-state index is 13.5. The lowest BCUT2D eigenvalue weighted by atomic mass is 9.58. The van der Waals surface area contributed by atoms with Gasteiger partial charge in [-0.15, -0.1) is 10.2 Å². The summed E-state index contributed by atoms with van der Waals surface area (Å²) in [6, 6.07) is 29.6. The number of benzene rings is 2. The molecule has 0 N–H and O–H groups in total. The molecule has 4 aliphatic carbocycles. The lowest BCUT2D eigenvalue weighted by Crippen LogP contribution is -2.49. The highest BCUT2D eigenvalue weighted by atomic mass is 19.1. The second-order valence-electron chi connectivity index (χ2n) is 20.0. The molecule has 2 aromatic carbocycles. The molecule has 6 aromatic heterocycles. The first-order valence-electron chi connectivity index (χ1n) is 24.6. The number of pyridine rings is 4. The third kappa shape index (κ3) is 8.85. The Morgan fingerprint density at radius 1 is 0.606 bits per heavy atom. The van der Waals surface area contributed by atoms with Crippen molar-refractivity contribution < 1.29 is 23.0 Å². The summed E-state index contributed by atoms with van der Waals surface area (Å²) >= 11 is 0. The molecule has 4 atom stereocenters. The SMILES string of the molecule is C.C.Fc1ccc(-c2nnn3cc4c(cc23)CCC[C@@H]2CC3(CC[C@@]42Cc2ccccn2)OCCO3)cc1.O=C1CC[C@@]2(Cc3ccccn3)c3cn4nnc(-c5ccc(F)cc5)c4cc3CCC[C@@H]2C1. The van der Waals surface area contributed by atoms with Gasteiger partial charge in [-0.05, 0) is 183 Å². The van der Waals surface area contributed by atoms with Crippen LogP contribution in [0, 0.1) is 23.5 Å². The number of hydrogen-bond acceptors (Lipinski definition) is 9. The topological polar surface area (TPSA) is 122 Å². The van der Waals surface area contributed by atoms with E-state index < -0.39 is 5.79 Å². The maximum atomic E-state index is 13.5. The lowest BCUT2D eigenvalue weighted by molar-refractivity contribution is -0.199. The molecule has 1 saturated heterocycles. The van der Waals surface area contributed by atoms with Crippen LogP contribution in [0.2, 0.25) is 0 Å². The Bertz CT molecular complexity index is 3160. The first-order valence-corrected chi connectivity index (χ1v) is 24.6. The highest BCUT2D eigenvalue weighted by Gasteiger charge is 2.54. The van der Waals surface area contributed by atoms with E-state index in [1.165, 1.54) is 46.5 Å². The van der Waals surface area contributed by atoms with Gasteiger partial charge in [0.1, 0.15) is 28.8 Å². The van der Waals surface area contributed by atoms with Crippen LogP contribution in [-0.2, 0) is 50.8 Å². The van der Waals surface area contributed by atoms with E-state index in [4.69, 9.17) is 14.5 Å². The summed E-state index contributed by atoms with van der Waals surface area (Å²) in [5.74, 6) is 0.149. The quantitative estimate of drug-likeness (QED) is 0.160. The minimum absolute atomic E-state index is 0. The van der Waals surface area contributed by atoms with Crippen molar-refractivity contribution in [1.82, 2.24) is 39.6 Å². The van der Waals surface area contributed by atoms with Crippen molar-refractivity contribution in [3.8, 4) is 22.5 Å². The van der Waals surface area contributed by atoms with E-state index in [1.807, 2.05) is 39.6 Å². The summed E-state index contributed by atoms with van der Waals surface area (Å²) in [4.78, 5) is 21.8. The molecule has 13 rings (SSSR count). The summed E-state index contributed by atoms with van der Waals surface area (Å²) < 4.78 is 43.1. The van der Waals surface area contributed by atoms with Gasteiger partial charge in [-0.3, -0.25) is 14.8 Å². The Hall–Kier alpha value is -6.57. The Balaban J connectivity index is 0.000000160. The first-order chi connectivity index (χ1) is 33.8. The van der Waals surface area contributed by atoms with Crippen LogP contribution in [0.4, 0.5) is 8.78 Å². The zero-order chi connectivity index (χ0) is 46.6. The van der Waals surface area contributed by atoms with Gasteiger partial charge in [0.05, 0.1) is 24.2 Å². The van der Waals surface area contributed by atoms with E-state index in [0.717, 1.165) is 122 Å². The summed E-state index contributed by atoms with van der Waals surface area (Å²) in [7, 11) is 0. The predicted molar refractivity (Wildman–Crippen MR) is 270 cm³/mol. The van der Waals surface area contributed by atoms with Gasteiger partial charge in [-0.25, -0.2) is 17.8 Å². The van der Waals surface area contributed by atoms with Crippen molar-refractivity contribution >= 4 is 16.8 Å². The summed E-state index contributed by atoms with van der Waals surface area (Å²) in [6.45, 7) is 1.37. The number of rotatable bonds is 6. The molecule has 3 fully saturated rings. The zero-order valence-electron chi connectivity index (χ0n) is 38.6. The fourth-order valence-corrected chi connectivity index (χ4v) is 12.9. The van der Waals surface area contributed by atoms with Gasteiger partial charge >= 0.3 is 0 Å². The van der Waals surface area contributed by atoms with Crippen molar-refractivity contribution in [2.75, 3.05) is 13.2 Å². The third-order valence-electron chi connectivity index (χ3n) is 16.2. The average molecular weight is 957 g/mol. The molecule has 0 unspecified atom stereocenters. The van der Waals surface area contributed by atoms with Gasteiger partial charge in [0.2, 0.25) is 0 Å². The van der Waals surface area contributed by atoms with Crippen LogP contribution in [0.3, 0.4) is 0 Å². The van der Waals surface area contributed by atoms with Crippen molar-refractivity contribution in [2.45, 2.75) is 121 Å². The van der Waals surface area contributed by atoms with Crippen LogP contribution in [0.25, 0.3) is 33.5 Å². The van der Waals surface area contributed by atoms with Crippen molar-refractivity contribution in [2.24, 2.45) is 11.8 Å². The van der Waals surface area contributed by atoms with E-state index in [0.29, 0.717) is 43.7 Å². The Morgan fingerprint density at radius 2 is 1.11 bits per heavy atom. The largest absolute Gasteiger partial charge is 0.348 e. The standard InChI is InChI=1S/C29H29FN4O2.C27H25FN4O.2CH4/c30-23-9-7-20(8-10-23)27-26-16-21-4-3-5-22-17-29(35-14-15-36-29)12-11-28(22,18-24-6-1-2-13-31-24)25(21)19-34(26)33-32-27;28-21-9-7-18(8-10-21)26-25-14-19-4-3-5-20-15-23(33)11-12-27(20,16-22-6-1-2-13-29-22)24(19)17-32(25)31-30-26;;/h1-2,6-10,13,16,19,22H,3-5,11-12,14-15,17-18H2;1-2,6-10,13-14,17,20H,3-5,11-12,15-16H2;2*1H4/t22-,28+;20-,27+;;/m11../s1. The summed E-state index contributed by atoms with van der Waals surface area (Å²) in [5, 5.41) is 17.9. The molecule has 8 aromatic rings. The number of halogens is 2. The second-order valence-corrected chi connectivity index (χ2v) is 20.0. The van der Waals surface area contributed by atoms with Crippen molar-refractivity contribution in [3.63, 3.8) is 0 Å². The van der Waals surface area contributed by atoms with Crippen LogP contribution >= 0.6 is 0 Å². The Kier molecular flexibility index (Phi) is 13.2. The molecule has 366 valence electrons. The van der Waals surface area contributed by atoms with Gasteiger partial charge in [0.25, 0.3) is 0 Å². The molecule has 2 saturated carbocycles. The van der Waals surface area contributed by atoms with Crippen molar-refractivity contribution in [1.29, 1.82) is 0 Å². The number of aromatic nitrogens is 8. The fourth-order valence-electron chi connectivity index (χ4n) is 12.9. The first kappa shape index (κ1) is 48.1. The van der Waals surface area contributed by atoms with Gasteiger partial charge in [-0.1, -0.05) is 37.4 Å². The van der Waals surface area contributed by atoms with Gasteiger partial charge < -0.3 is 9.47 Å². The van der Waals surface area contributed by atoms with E-state index in [2.05, 4.69) is 68.3 Å². The number of Topliss-reactive ketones (excluding diaryl/α,β-unsaturated/α-hetero) is 1. The van der Waals surface area contributed by atoms with Gasteiger partial charge in [0.15, 0.2) is 5.79 Å². The van der Waals surface area contributed by atoms with Crippen LogP contribution < -0.4 is 0 Å². The molecule has 1 spiro atoms. The third-order valence-corrected chi connectivity index (χ3v) is 16.2. The molecule has 0 amide bonds. The normalized spacial score (nSPS) is 23.2. The van der Waals surface area contributed by atoms with E-state index in [9.17, 15) is 13.6 Å². The lowest BCUT2D eigenvalue weighted by Gasteiger charge is -2.49. The zero-order valence-corrected chi connectivity index (χ0v) is 38.6. The Morgan fingerprint density at radius 3 is 1.62 bits per heavy atom. The highest BCUT2D eigenvalue weighted by Crippen LogP contribution is 2.56. The molecule has 0 bridgehead atoms. The molecule has 13 heteroatoms. The molecule has 7 heterocycles. The number of aryl methyl sites for hydroxylation is 2. The van der Waals surface area contributed by atoms with E-state index in [-0.39, 0.29) is 37.3 Å². The maximum Gasteiger partial charge on any atom is 0.168 e. The number of ketones is 1. The average Bonchev–Trinajstić information content (AvgIpc) is 4.08. The molecule has 11 nitrogen and oxygen atoms in total. The smallest absolute Gasteiger partial charge is 0.168 e. The van der Waals surface area contributed by atoms with Crippen LogP contribution in [0.15, 0.2) is 122 Å². The minimum atomic E-state index is -0.435.